The largest absolute Gasteiger partial charge is 0.379 e. The van der Waals surface area contributed by atoms with Crippen LogP contribution in [0.25, 0.3) is 5.65 Å². The molecule has 0 aliphatic rings. The van der Waals surface area contributed by atoms with Gasteiger partial charge in [0.15, 0.2) is 5.65 Å². The number of anilines is 1. The minimum Gasteiger partial charge on any atom is -0.379 e. The lowest BCUT2D eigenvalue weighted by Crippen LogP contribution is -2.04. The van der Waals surface area contributed by atoms with Crippen LogP contribution in [0, 0.1) is 13.8 Å². The van der Waals surface area contributed by atoms with Gasteiger partial charge in [-0.15, -0.1) is 0 Å². The first kappa shape index (κ1) is 13.1. The first-order valence-electron chi connectivity index (χ1n) is 6.30. The highest BCUT2D eigenvalue weighted by Gasteiger charge is 2.03. The van der Waals surface area contributed by atoms with E-state index in [1.165, 1.54) is 0 Å². The molecule has 0 saturated carbocycles. The van der Waals surface area contributed by atoms with Crippen molar-refractivity contribution in [1.29, 1.82) is 0 Å². The molecule has 0 bridgehead atoms. The van der Waals surface area contributed by atoms with E-state index in [1.54, 1.807) is 4.52 Å². The second kappa shape index (κ2) is 5.20. The molecule has 0 atom stereocenters. The molecular weight excluding hydrogens is 318 g/mol. The molecule has 0 radical (unpaired) electrons. The van der Waals surface area contributed by atoms with E-state index < -0.39 is 0 Å². The minimum absolute atomic E-state index is 0.687. The minimum atomic E-state index is 0.687. The van der Waals surface area contributed by atoms with Crippen LogP contribution in [-0.2, 0) is 6.54 Å². The van der Waals surface area contributed by atoms with Crippen molar-refractivity contribution in [3.8, 4) is 0 Å². The SMILES string of the molecule is Cc1cc2ncc(CNc3ccc(Br)nc3C)cn2n1. The lowest BCUT2D eigenvalue weighted by molar-refractivity contribution is 0.894. The van der Waals surface area contributed by atoms with Crippen LogP contribution in [0.3, 0.4) is 0 Å². The molecule has 0 aliphatic carbocycles. The highest BCUT2D eigenvalue weighted by atomic mass is 79.9. The molecule has 0 aromatic carbocycles. The second-order valence-corrected chi connectivity index (χ2v) is 5.48. The molecule has 1 N–H and O–H groups in total. The molecule has 3 aromatic heterocycles. The van der Waals surface area contributed by atoms with E-state index >= 15 is 0 Å². The van der Waals surface area contributed by atoms with E-state index in [-0.39, 0.29) is 0 Å². The molecule has 3 rings (SSSR count). The van der Waals surface area contributed by atoms with Gasteiger partial charge in [0.1, 0.15) is 4.60 Å². The fourth-order valence-electron chi connectivity index (χ4n) is 2.04. The molecule has 3 heterocycles. The van der Waals surface area contributed by atoms with Crippen LogP contribution >= 0.6 is 15.9 Å². The maximum absolute atomic E-state index is 4.39. The Morgan fingerprint density at radius 3 is 2.95 bits per heavy atom. The molecule has 6 heteroatoms. The highest BCUT2D eigenvalue weighted by molar-refractivity contribution is 9.10. The van der Waals surface area contributed by atoms with Gasteiger partial charge in [-0.2, -0.15) is 5.10 Å². The number of aryl methyl sites for hydroxylation is 2. The normalized spacial score (nSPS) is 10.9. The van der Waals surface area contributed by atoms with Crippen molar-refractivity contribution in [2.24, 2.45) is 0 Å². The smallest absolute Gasteiger partial charge is 0.155 e. The van der Waals surface area contributed by atoms with Crippen LogP contribution in [0.1, 0.15) is 17.0 Å². The predicted molar refractivity (Wildman–Crippen MR) is 81.7 cm³/mol. The number of hydrogen-bond acceptors (Lipinski definition) is 4. The average molecular weight is 332 g/mol. The summed E-state index contributed by atoms with van der Waals surface area (Å²) in [7, 11) is 0. The van der Waals surface area contributed by atoms with E-state index in [1.807, 2.05) is 44.4 Å². The lowest BCUT2D eigenvalue weighted by Gasteiger charge is -2.09. The Morgan fingerprint density at radius 2 is 2.15 bits per heavy atom. The van der Waals surface area contributed by atoms with E-state index in [2.05, 4.69) is 36.3 Å². The van der Waals surface area contributed by atoms with Crippen molar-refractivity contribution in [1.82, 2.24) is 19.6 Å². The summed E-state index contributed by atoms with van der Waals surface area (Å²) in [5, 5.41) is 7.73. The zero-order valence-corrected chi connectivity index (χ0v) is 12.8. The van der Waals surface area contributed by atoms with Gasteiger partial charge in [0.2, 0.25) is 0 Å². The summed E-state index contributed by atoms with van der Waals surface area (Å²) in [4.78, 5) is 8.75. The Morgan fingerprint density at radius 1 is 1.30 bits per heavy atom. The van der Waals surface area contributed by atoms with Gasteiger partial charge < -0.3 is 5.32 Å². The molecule has 102 valence electrons. The van der Waals surface area contributed by atoms with Crippen LogP contribution < -0.4 is 5.32 Å². The van der Waals surface area contributed by atoms with Gasteiger partial charge in [-0.1, -0.05) is 0 Å². The third kappa shape index (κ3) is 2.65. The lowest BCUT2D eigenvalue weighted by atomic mass is 10.3. The zero-order chi connectivity index (χ0) is 14.1. The first-order valence-corrected chi connectivity index (χ1v) is 7.09. The van der Waals surface area contributed by atoms with Crippen molar-refractivity contribution in [3.63, 3.8) is 0 Å². The average Bonchev–Trinajstić information content (AvgIpc) is 2.77. The highest BCUT2D eigenvalue weighted by Crippen LogP contribution is 2.17. The maximum atomic E-state index is 4.39. The van der Waals surface area contributed by atoms with E-state index in [4.69, 9.17) is 0 Å². The predicted octanol–water partition coefficient (Wildman–Crippen LogP) is 3.12. The molecule has 0 unspecified atom stereocenters. The number of hydrogen-bond donors (Lipinski definition) is 1. The van der Waals surface area contributed by atoms with Gasteiger partial charge >= 0.3 is 0 Å². The molecule has 0 spiro atoms. The quantitative estimate of drug-likeness (QED) is 0.749. The number of halogens is 1. The van der Waals surface area contributed by atoms with Crippen LogP contribution in [-0.4, -0.2) is 19.6 Å². The number of nitrogens with one attached hydrogen (secondary N) is 1. The van der Waals surface area contributed by atoms with Crippen molar-refractivity contribution in [3.05, 3.63) is 52.1 Å². The Labute approximate surface area is 125 Å². The number of rotatable bonds is 3. The summed E-state index contributed by atoms with van der Waals surface area (Å²) in [5.74, 6) is 0. The van der Waals surface area contributed by atoms with Crippen LogP contribution in [0.2, 0.25) is 0 Å². The monoisotopic (exact) mass is 331 g/mol. The fourth-order valence-corrected chi connectivity index (χ4v) is 2.44. The topological polar surface area (TPSA) is 55.1 Å². The molecule has 20 heavy (non-hydrogen) atoms. The molecule has 5 nitrogen and oxygen atoms in total. The summed E-state index contributed by atoms with van der Waals surface area (Å²) in [6.45, 7) is 4.63. The van der Waals surface area contributed by atoms with Crippen LogP contribution in [0.5, 0.6) is 0 Å². The number of pyridine rings is 1. The summed E-state index contributed by atoms with van der Waals surface area (Å²) in [6.07, 6.45) is 3.86. The summed E-state index contributed by atoms with van der Waals surface area (Å²) >= 11 is 3.36. The standard InChI is InChI=1S/C14H14BrN5/c1-9-5-14-17-7-11(8-20(14)19-9)6-16-12-3-4-13(15)18-10(12)2/h3-5,7-8,16H,6H2,1-2H3. The van der Waals surface area contributed by atoms with Crippen LogP contribution in [0.4, 0.5) is 5.69 Å². The number of fused-ring (bicyclic) bond motifs is 1. The van der Waals surface area contributed by atoms with Gasteiger partial charge in [-0.05, 0) is 41.9 Å². The van der Waals surface area contributed by atoms with Crippen LogP contribution in [0.15, 0.2) is 35.2 Å². The summed E-state index contributed by atoms with van der Waals surface area (Å²) in [5.41, 5.74) is 4.89. The second-order valence-electron chi connectivity index (χ2n) is 4.67. The summed E-state index contributed by atoms with van der Waals surface area (Å²) < 4.78 is 2.65. The van der Waals surface area contributed by atoms with E-state index in [0.717, 1.165) is 32.9 Å². The molecule has 0 amide bonds. The molecule has 3 aromatic rings. The maximum Gasteiger partial charge on any atom is 0.155 e. The van der Waals surface area contributed by atoms with Gasteiger partial charge in [-0.25, -0.2) is 14.5 Å². The fraction of sp³-hybridized carbons (Fsp3) is 0.214. The third-order valence-corrected chi connectivity index (χ3v) is 3.47. The summed E-state index contributed by atoms with van der Waals surface area (Å²) in [6, 6.07) is 5.89. The zero-order valence-electron chi connectivity index (χ0n) is 11.3. The van der Waals surface area contributed by atoms with E-state index in [0.29, 0.717) is 6.54 Å². The van der Waals surface area contributed by atoms with Crippen molar-refractivity contribution < 1.29 is 0 Å². The molecular formula is C14H14BrN5. The Balaban J connectivity index is 1.79. The van der Waals surface area contributed by atoms with Crippen molar-refractivity contribution in [2.75, 3.05) is 5.32 Å². The van der Waals surface area contributed by atoms with Crippen molar-refractivity contribution >= 4 is 27.3 Å². The van der Waals surface area contributed by atoms with Gasteiger partial charge in [0.25, 0.3) is 0 Å². The Hall–Kier alpha value is -1.95. The van der Waals surface area contributed by atoms with Gasteiger partial charge in [0, 0.05) is 30.6 Å². The third-order valence-electron chi connectivity index (χ3n) is 3.02. The van der Waals surface area contributed by atoms with Gasteiger partial charge in [0.05, 0.1) is 17.1 Å². The number of aromatic nitrogens is 4. The Kier molecular flexibility index (Phi) is 3.40. The van der Waals surface area contributed by atoms with Gasteiger partial charge in [-0.3, -0.25) is 0 Å². The molecule has 0 aliphatic heterocycles. The van der Waals surface area contributed by atoms with E-state index in [9.17, 15) is 0 Å². The first-order chi connectivity index (χ1) is 9.61. The molecule has 0 fully saturated rings. The molecule has 0 saturated heterocycles. The van der Waals surface area contributed by atoms with Crippen molar-refractivity contribution in [2.45, 2.75) is 20.4 Å². The Bertz CT molecular complexity index is 765. The number of nitrogens with zero attached hydrogens (tertiary/aromatic N) is 4.